The SMILES string of the molecule is C[CH]=[Zr]([Cl])[Cl].c1ccc2[cH-]ccc2c1.c1ccc2c(c1)[cH-]c1ccccc12. The summed E-state index contributed by atoms with van der Waals surface area (Å²) in [5.74, 6) is 0. The Morgan fingerprint density at radius 1 is 0.704 bits per heavy atom. The van der Waals surface area contributed by atoms with E-state index in [2.05, 4.69) is 97.1 Å². The maximum absolute atomic E-state index is 5.37. The van der Waals surface area contributed by atoms with Crippen molar-refractivity contribution in [1.29, 1.82) is 0 Å². The normalized spacial score (nSPS) is 10.0. The molecular formula is C24H20Cl2Zr-2. The van der Waals surface area contributed by atoms with Crippen LogP contribution >= 0.6 is 17.0 Å². The number of hydrogen-bond donors (Lipinski definition) is 0. The van der Waals surface area contributed by atoms with Crippen LogP contribution in [0.5, 0.6) is 0 Å². The molecule has 136 valence electrons. The molecule has 0 saturated carbocycles. The summed E-state index contributed by atoms with van der Waals surface area (Å²) in [6.45, 7) is 1.90. The van der Waals surface area contributed by atoms with Crippen LogP contribution in [0.2, 0.25) is 0 Å². The molecule has 5 aromatic carbocycles. The van der Waals surface area contributed by atoms with Gasteiger partial charge in [0.2, 0.25) is 0 Å². The van der Waals surface area contributed by atoms with Gasteiger partial charge in [0, 0.05) is 0 Å². The smallest absolute Gasteiger partial charge is 0.0771 e. The summed E-state index contributed by atoms with van der Waals surface area (Å²) in [4.78, 5) is 0. The van der Waals surface area contributed by atoms with Crippen LogP contribution in [0.3, 0.4) is 0 Å². The average Bonchev–Trinajstić information content (AvgIpc) is 3.33. The second-order valence-electron chi connectivity index (χ2n) is 6.05. The van der Waals surface area contributed by atoms with Gasteiger partial charge in [-0.3, -0.25) is 0 Å². The van der Waals surface area contributed by atoms with Gasteiger partial charge in [-0.15, -0.1) is 69.4 Å². The second kappa shape index (κ2) is 10.1. The molecule has 0 unspecified atom stereocenters. The molecule has 27 heavy (non-hydrogen) atoms. The molecule has 3 heteroatoms. The van der Waals surface area contributed by atoms with Gasteiger partial charge in [-0.1, -0.05) is 42.5 Å². The zero-order chi connectivity index (χ0) is 19.1. The Morgan fingerprint density at radius 3 is 1.70 bits per heavy atom. The average molecular weight is 471 g/mol. The summed E-state index contributed by atoms with van der Waals surface area (Å²) in [5.41, 5.74) is 0. The topological polar surface area (TPSA) is 0 Å². The minimum absolute atomic E-state index is 1.33. The minimum atomic E-state index is -1.76. The monoisotopic (exact) mass is 468 g/mol. The molecular weight excluding hydrogens is 450 g/mol. The molecule has 0 spiro atoms. The first-order valence-electron chi connectivity index (χ1n) is 8.80. The Kier molecular flexibility index (Phi) is 7.59. The third-order valence-electron chi connectivity index (χ3n) is 4.29. The van der Waals surface area contributed by atoms with E-state index < -0.39 is 18.9 Å². The van der Waals surface area contributed by atoms with E-state index in [1.165, 1.54) is 32.3 Å². The van der Waals surface area contributed by atoms with E-state index in [9.17, 15) is 0 Å². The van der Waals surface area contributed by atoms with Crippen molar-refractivity contribution in [2.45, 2.75) is 6.92 Å². The van der Waals surface area contributed by atoms with Crippen LogP contribution in [-0.4, -0.2) is 3.71 Å². The fourth-order valence-corrected chi connectivity index (χ4v) is 2.97. The van der Waals surface area contributed by atoms with E-state index in [1.54, 1.807) is 0 Å². The largest absolute Gasteiger partial charge is 0.168 e. The molecule has 0 saturated heterocycles. The van der Waals surface area contributed by atoms with Crippen molar-refractivity contribution in [3.05, 3.63) is 97.1 Å². The Morgan fingerprint density at radius 2 is 1.19 bits per heavy atom. The predicted molar refractivity (Wildman–Crippen MR) is 120 cm³/mol. The zero-order valence-corrected chi connectivity index (χ0v) is 19.0. The Balaban J connectivity index is 0.000000131. The Labute approximate surface area is 174 Å². The summed E-state index contributed by atoms with van der Waals surface area (Å²) < 4.78 is 1.89. The van der Waals surface area contributed by atoms with Gasteiger partial charge in [-0.25, -0.2) is 0 Å². The second-order valence-corrected chi connectivity index (χ2v) is 14.9. The maximum Gasteiger partial charge on any atom is -0.0771 e. The van der Waals surface area contributed by atoms with Crippen LogP contribution in [-0.2, 0) is 18.9 Å². The molecule has 0 heterocycles. The van der Waals surface area contributed by atoms with Gasteiger partial charge in [0.25, 0.3) is 0 Å². The van der Waals surface area contributed by atoms with E-state index in [4.69, 9.17) is 17.0 Å². The minimum Gasteiger partial charge on any atom is -0.168 e. The van der Waals surface area contributed by atoms with Gasteiger partial charge < -0.3 is 0 Å². The van der Waals surface area contributed by atoms with E-state index in [1.807, 2.05) is 10.6 Å². The molecule has 0 aliphatic carbocycles. The molecule has 0 radical (unpaired) electrons. The number of hydrogen-bond acceptors (Lipinski definition) is 0. The predicted octanol–water partition coefficient (Wildman–Crippen LogP) is 8.00. The quantitative estimate of drug-likeness (QED) is 0.201. The summed E-state index contributed by atoms with van der Waals surface area (Å²) >= 11 is -1.76. The zero-order valence-electron chi connectivity index (χ0n) is 15.1. The van der Waals surface area contributed by atoms with Gasteiger partial charge in [0.05, 0.1) is 0 Å². The van der Waals surface area contributed by atoms with Gasteiger partial charge >= 0.3 is 46.5 Å². The van der Waals surface area contributed by atoms with Gasteiger partial charge in [0.1, 0.15) is 0 Å². The van der Waals surface area contributed by atoms with Crippen LogP contribution in [0.4, 0.5) is 0 Å². The van der Waals surface area contributed by atoms with Crippen LogP contribution in [0.1, 0.15) is 6.92 Å². The first-order chi connectivity index (χ1) is 13.2. The maximum atomic E-state index is 5.37. The summed E-state index contributed by atoms with van der Waals surface area (Å²) in [6.07, 6.45) is 0. The van der Waals surface area contributed by atoms with Crippen LogP contribution in [0.15, 0.2) is 97.1 Å². The molecule has 0 aliphatic rings. The first-order valence-corrected chi connectivity index (χ1v) is 16.5. The van der Waals surface area contributed by atoms with Gasteiger partial charge in [0.15, 0.2) is 0 Å². The van der Waals surface area contributed by atoms with Crippen molar-refractivity contribution < 1.29 is 18.9 Å². The standard InChI is InChI=1S/C13H9.C9H7.C2H4.2ClH.Zr/c1-3-7-12-10(5-1)9-11-6-2-4-8-13(11)12;1-2-5-9-7-3-6-8(9)4-1;1-2;;;/h1-9H;1-7H;1H,2H3;2*1H;/q2*-1;;;;+2/p-2. The molecule has 0 bridgehead atoms. The van der Waals surface area contributed by atoms with Crippen molar-refractivity contribution in [3.63, 3.8) is 0 Å². The molecule has 0 amide bonds. The summed E-state index contributed by atoms with van der Waals surface area (Å²) in [7, 11) is 10.7. The van der Waals surface area contributed by atoms with E-state index in [-0.39, 0.29) is 0 Å². The van der Waals surface area contributed by atoms with Gasteiger partial charge in [-0.2, -0.15) is 17.5 Å². The molecule has 0 aliphatic heterocycles. The fourth-order valence-electron chi connectivity index (χ4n) is 2.97. The molecule has 0 atom stereocenters. The van der Waals surface area contributed by atoms with Gasteiger partial charge in [-0.05, 0) is 0 Å². The summed E-state index contributed by atoms with van der Waals surface area (Å²) in [5, 5.41) is 8.05. The number of benzene rings is 3. The molecule has 0 N–H and O–H groups in total. The third-order valence-corrected chi connectivity index (χ3v) is 7.94. The van der Waals surface area contributed by atoms with Crippen LogP contribution in [0, 0.1) is 0 Å². The number of fused-ring (bicyclic) bond motifs is 4. The van der Waals surface area contributed by atoms with E-state index >= 15 is 0 Å². The third kappa shape index (κ3) is 5.48. The first kappa shape index (κ1) is 20.2. The fraction of sp³-hybridized carbons (Fsp3) is 0.0417. The van der Waals surface area contributed by atoms with Crippen molar-refractivity contribution in [2.24, 2.45) is 0 Å². The van der Waals surface area contributed by atoms with Crippen molar-refractivity contribution >= 4 is 53.1 Å². The van der Waals surface area contributed by atoms with E-state index in [0.717, 1.165) is 0 Å². The molecule has 0 nitrogen and oxygen atoms in total. The number of rotatable bonds is 0. The van der Waals surface area contributed by atoms with E-state index in [0.29, 0.717) is 0 Å². The summed E-state index contributed by atoms with van der Waals surface area (Å²) in [6, 6.07) is 33.9. The Bertz CT molecular complexity index is 1080. The van der Waals surface area contributed by atoms with Crippen molar-refractivity contribution in [3.8, 4) is 0 Å². The molecule has 0 aromatic heterocycles. The van der Waals surface area contributed by atoms with Crippen LogP contribution < -0.4 is 0 Å². The van der Waals surface area contributed by atoms with Crippen LogP contribution in [0.25, 0.3) is 32.3 Å². The molecule has 5 aromatic rings. The Hall–Kier alpha value is -1.53. The number of halogens is 2. The molecule has 5 rings (SSSR count). The van der Waals surface area contributed by atoms with Crippen molar-refractivity contribution in [1.82, 2.24) is 0 Å². The molecule has 0 fully saturated rings. The van der Waals surface area contributed by atoms with Crippen molar-refractivity contribution in [2.75, 3.05) is 0 Å².